The van der Waals surface area contributed by atoms with Crippen LogP contribution in [0.5, 0.6) is 0 Å². The molecule has 0 saturated carbocycles. The fourth-order valence-electron chi connectivity index (χ4n) is 2.38. The summed E-state index contributed by atoms with van der Waals surface area (Å²) in [7, 11) is 0. The molecule has 0 aliphatic carbocycles. The van der Waals surface area contributed by atoms with Crippen LogP contribution in [0.1, 0.15) is 10.4 Å². The second-order valence-corrected chi connectivity index (χ2v) is 6.82. The molecule has 114 valence electrons. The van der Waals surface area contributed by atoms with Crippen molar-refractivity contribution in [2.45, 2.75) is 0 Å². The third kappa shape index (κ3) is 3.47. The van der Waals surface area contributed by atoms with E-state index in [0.717, 1.165) is 22.0 Å². The number of hydrogen-bond acceptors (Lipinski definition) is 4. The molecule has 5 nitrogen and oxygen atoms in total. The molecule has 2 aromatic rings. The lowest BCUT2D eigenvalue weighted by molar-refractivity contribution is 0.0746. The second kappa shape index (κ2) is 6.75. The van der Waals surface area contributed by atoms with E-state index in [9.17, 15) is 4.79 Å². The zero-order valence-electron chi connectivity index (χ0n) is 11.7. The molecule has 1 aliphatic rings. The van der Waals surface area contributed by atoms with E-state index in [4.69, 9.17) is 0 Å². The lowest BCUT2D eigenvalue weighted by atomic mass is 10.2. The average Bonchev–Trinajstić information content (AvgIpc) is 2.55. The Morgan fingerprint density at radius 2 is 1.68 bits per heavy atom. The van der Waals surface area contributed by atoms with E-state index in [2.05, 4.69) is 46.7 Å². The minimum Gasteiger partial charge on any atom is -0.337 e. The number of piperazine rings is 1. The Morgan fingerprint density at radius 1 is 1.00 bits per heavy atom. The SMILES string of the molecule is O=C(c1cccc(Br)c1)N1CCN(c2ncc(Br)cn2)CC1. The number of nitrogens with zero attached hydrogens (tertiary/aromatic N) is 4. The Hall–Kier alpha value is -1.47. The van der Waals surface area contributed by atoms with Gasteiger partial charge in [-0.25, -0.2) is 9.97 Å². The van der Waals surface area contributed by atoms with Crippen LogP contribution in [0.3, 0.4) is 0 Å². The molecule has 2 heterocycles. The molecule has 1 saturated heterocycles. The average molecular weight is 426 g/mol. The van der Waals surface area contributed by atoms with Crippen LogP contribution in [0.4, 0.5) is 5.95 Å². The van der Waals surface area contributed by atoms with Crippen LogP contribution in [-0.4, -0.2) is 47.0 Å². The van der Waals surface area contributed by atoms with E-state index < -0.39 is 0 Å². The number of hydrogen-bond donors (Lipinski definition) is 0. The fourth-order valence-corrected chi connectivity index (χ4v) is 2.99. The molecular weight excluding hydrogens is 412 g/mol. The lowest BCUT2D eigenvalue weighted by Crippen LogP contribution is -2.49. The summed E-state index contributed by atoms with van der Waals surface area (Å²) in [5.74, 6) is 0.774. The monoisotopic (exact) mass is 424 g/mol. The summed E-state index contributed by atoms with van der Waals surface area (Å²) in [4.78, 5) is 25.1. The third-order valence-corrected chi connectivity index (χ3v) is 4.43. The molecule has 3 rings (SSSR count). The highest BCUT2D eigenvalue weighted by Crippen LogP contribution is 2.17. The van der Waals surface area contributed by atoms with Gasteiger partial charge in [0.1, 0.15) is 0 Å². The smallest absolute Gasteiger partial charge is 0.254 e. The number of anilines is 1. The summed E-state index contributed by atoms with van der Waals surface area (Å²) in [5, 5.41) is 0. The summed E-state index contributed by atoms with van der Waals surface area (Å²) < 4.78 is 1.78. The largest absolute Gasteiger partial charge is 0.337 e. The van der Waals surface area contributed by atoms with Crippen molar-refractivity contribution in [3.05, 3.63) is 51.2 Å². The predicted octanol–water partition coefficient (Wildman–Crippen LogP) is 2.96. The van der Waals surface area contributed by atoms with E-state index in [1.54, 1.807) is 12.4 Å². The van der Waals surface area contributed by atoms with E-state index in [1.165, 1.54) is 0 Å². The molecule has 0 atom stereocenters. The van der Waals surface area contributed by atoms with Crippen molar-refractivity contribution in [1.82, 2.24) is 14.9 Å². The third-order valence-electron chi connectivity index (χ3n) is 3.53. The van der Waals surface area contributed by atoms with Gasteiger partial charge in [0.2, 0.25) is 5.95 Å². The molecule has 1 aliphatic heterocycles. The van der Waals surface area contributed by atoms with Crippen molar-refractivity contribution < 1.29 is 4.79 Å². The molecule has 0 unspecified atom stereocenters. The standard InChI is InChI=1S/C15H14Br2N4O/c16-12-3-1-2-11(8-12)14(22)20-4-6-21(7-5-20)15-18-9-13(17)10-19-15/h1-3,8-10H,4-7H2. The minimum absolute atomic E-state index is 0.0673. The fraction of sp³-hybridized carbons (Fsp3) is 0.267. The second-order valence-electron chi connectivity index (χ2n) is 4.99. The Labute approximate surface area is 145 Å². The highest BCUT2D eigenvalue weighted by atomic mass is 79.9. The molecule has 1 aromatic carbocycles. The molecule has 0 radical (unpaired) electrons. The van der Waals surface area contributed by atoms with Crippen LogP contribution in [0.15, 0.2) is 45.6 Å². The van der Waals surface area contributed by atoms with Crippen LogP contribution in [0, 0.1) is 0 Å². The highest BCUT2D eigenvalue weighted by molar-refractivity contribution is 9.10. The Kier molecular flexibility index (Phi) is 4.73. The van der Waals surface area contributed by atoms with Gasteiger partial charge in [-0.1, -0.05) is 22.0 Å². The maximum atomic E-state index is 12.5. The van der Waals surface area contributed by atoms with E-state index in [-0.39, 0.29) is 5.91 Å². The molecule has 0 N–H and O–H groups in total. The first-order valence-corrected chi connectivity index (χ1v) is 8.49. The summed E-state index contributed by atoms with van der Waals surface area (Å²) in [5.41, 5.74) is 0.711. The molecular formula is C15H14Br2N4O. The van der Waals surface area contributed by atoms with Crippen molar-refractivity contribution >= 4 is 43.7 Å². The maximum absolute atomic E-state index is 12.5. The molecule has 22 heavy (non-hydrogen) atoms. The minimum atomic E-state index is 0.0673. The first-order valence-electron chi connectivity index (χ1n) is 6.91. The summed E-state index contributed by atoms with van der Waals surface area (Å²) in [6.45, 7) is 2.82. The summed E-state index contributed by atoms with van der Waals surface area (Å²) in [6, 6.07) is 7.49. The van der Waals surface area contributed by atoms with Crippen LogP contribution in [0.2, 0.25) is 0 Å². The molecule has 1 amide bonds. The van der Waals surface area contributed by atoms with Crippen molar-refractivity contribution in [2.75, 3.05) is 31.1 Å². The topological polar surface area (TPSA) is 49.3 Å². The summed E-state index contributed by atoms with van der Waals surface area (Å²) >= 11 is 6.73. The Balaban J connectivity index is 1.64. The van der Waals surface area contributed by atoms with Crippen molar-refractivity contribution in [2.24, 2.45) is 0 Å². The molecule has 1 fully saturated rings. The van der Waals surface area contributed by atoms with Gasteiger partial charge >= 0.3 is 0 Å². The van der Waals surface area contributed by atoms with Crippen molar-refractivity contribution in [3.8, 4) is 0 Å². The van der Waals surface area contributed by atoms with Gasteiger partial charge in [0.15, 0.2) is 0 Å². The number of carbonyl (C=O) groups excluding carboxylic acids is 1. The molecule has 0 bridgehead atoms. The number of rotatable bonds is 2. The Morgan fingerprint density at radius 3 is 2.32 bits per heavy atom. The number of amides is 1. The predicted molar refractivity (Wildman–Crippen MR) is 92.0 cm³/mol. The normalized spacial score (nSPS) is 15.0. The van der Waals surface area contributed by atoms with E-state index >= 15 is 0 Å². The lowest BCUT2D eigenvalue weighted by Gasteiger charge is -2.34. The van der Waals surface area contributed by atoms with Gasteiger partial charge in [-0.15, -0.1) is 0 Å². The zero-order valence-corrected chi connectivity index (χ0v) is 14.9. The molecule has 0 spiro atoms. The van der Waals surface area contributed by atoms with Crippen LogP contribution in [-0.2, 0) is 0 Å². The highest BCUT2D eigenvalue weighted by Gasteiger charge is 2.23. The van der Waals surface area contributed by atoms with Crippen LogP contribution < -0.4 is 4.90 Å². The van der Waals surface area contributed by atoms with Gasteiger partial charge in [0.05, 0.1) is 4.47 Å². The molecule has 1 aromatic heterocycles. The van der Waals surface area contributed by atoms with Gasteiger partial charge in [-0.3, -0.25) is 4.79 Å². The van der Waals surface area contributed by atoms with Gasteiger partial charge in [0.25, 0.3) is 5.91 Å². The van der Waals surface area contributed by atoms with E-state index in [1.807, 2.05) is 29.2 Å². The quantitative estimate of drug-likeness (QED) is 0.742. The zero-order chi connectivity index (χ0) is 15.5. The summed E-state index contributed by atoms with van der Waals surface area (Å²) in [6.07, 6.45) is 3.47. The van der Waals surface area contributed by atoms with Gasteiger partial charge in [-0.2, -0.15) is 0 Å². The number of carbonyl (C=O) groups is 1. The number of aromatic nitrogens is 2. The van der Waals surface area contributed by atoms with Crippen molar-refractivity contribution in [1.29, 1.82) is 0 Å². The van der Waals surface area contributed by atoms with Gasteiger partial charge in [-0.05, 0) is 34.1 Å². The molecule has 7 heteroatoms. The first kappa shape index (κ1) is 15.4. The van der Waals surface area contributed by atoms with Gasteiger partial charge < -0.3 is 9.80 Å². The number of halogens is 2. The van der Waals surface area contributed by atoms with E-state index in [0.29, 0.717) is 24.6 Å². The van der Waals surface area contributed by atoms with Crippen LogP contribution in [0.25, 0.3) is 0 Å². The van der Waals surface area contributed by atoms with Crippen LogP contribution >= 0.6 is 31.9 Å². The van der Waals surface area contributed by atoms with Crippen molar-refractivity contribution in [3.63, 3.8) is 0 Å². The van der Waals surface area contributed by atoms with Gasteiger partial charge in [0, 0.05) is 48.6 Å². The first-order chi connectivity index (χ1) is 10.6. The Bertz CT molecular complexity index is 669. The maximum Gasteiger partial charge on any atom is 0.254 e. The number of benzene rings is 1.